The number of nitrogens with zero attached hydrogens (tertiary/aromatic N) is 2. The number of hydrogen-bond acceptors (Lipinski definition) is 4. The molecule has 0 aliphatic rings. The van der Waals surface area contributed by atoms with Gasteiger partial charge >= 0.3 is 0 Å². The number of hydrogen-bond donors (Lipinski definition) is 0. The first-order valence-corrected chi connectivity index (χ1v) is 9.66. The van der Waals surface area contributed by atoms with E-state index in [1.165, 1.54) is 7.11 Å². The second-order valence-electron chi connectivity index (χ2n) is 6.31. The molecule has 0 bridgehead atoms. The van der Waals surface area contributed by atoms with Gasteiger partial charge in [-0.25, -0.2) is 0 Å². The molecule has 3 aromatic carbocycles. The molecule has 0 aromatic heterocycles. The van der Waals surface area contributed by atoms with E-state index in [0.717, 1.165) is 5.56 Å². The summed E-state index contributed by atoms with van der Waals surface area (Å²) in [6, 6.07) is 21.9. The number of ether oxygens (including phenoxy) is 2. The summed E-state index contributed by atoms with van der Waals surface area (Å²) in [6.07, 6.45) is 1.69. The van der Waals surface area contributed by atoms with E-state index in [0.29, 0.717) is 50.4 Å². The van der Waals surface area contributed by atoms with Gasteiger partial charge in [-0.3, -0.25) is 0 Å². The second kappa shape index (κ2) is 9.85. The van der Waals surface area contributed by atoms with Crippen LogP contribution in [-0.4, -0.2) is 7.11 Å². The molecule has 0 atom stereocenters. The summed E-state index contributed by atoms with van der Waals surface area (Å²) < 4.78 is 11.3. The van der Waals surface area contributed by atoms with Crippen molar-refractivity contribution in [2.24, 2.45) is 0 Å². The lowest BCUT2D eigenvalue weighted by Crippen LogP contribution is -1.99. The number of halogens is 2. The van der Waals surface area contributed by atoms with Gasteiger partial charge in [0.25, 0.3) is 0 Å². The third kappa shape index (κ3) is 5.13. The van der Waals surface area contributed by atoms with Gasteiger partial charge in [0.05, 0.1) is 35.4 Å². The summed E-state index contributed by atoms with van der Waals surface area (Å²) in [4.78, 5) is 0. The first-order valence-electron chi connectivity index (χ1n) is 8.91. The van der Waals surface area contributed by atoms with Crippen LogP contribution < -0.4 is 9.47 Å². The fourth-order valence-electron chi connectivity index (χ4n) is 2.80. The van der Waals surface area contributed by atoms with Crippen molar-refractivity contribution in [2.45, 2.75) is 6.61 Å². The average molecular weight is 435 g/mol. The first kappa shape index (κ1) is 21.3. The van der Waals surface area contributed by atoms with Crippen LogP contribution >= 0.6 is 23.2 Å². The van der Waals surface area contributed by atoms with E-state index in [4.69, 9.17) is 37.9 Å². The molecule has 0 heterocycles. The Morgan fingerprint density at radius 2 is 1.80 bits per heavy atom. The highest BCUT2D eigenvalue weighted by Gasteiger charge is 2.13. The summed E-state index contributed by atoms with van der Waals surface area (Å²) in [5, 5.41) is 19.7. The van der Waals surface area contributed by atoms with E-state index in [2.05, 4.69) is 12.1 Å². The normalized spacial score (nSPS) is 10.8. The largest absolute Gasteiger partial charge is 0.493 e. The van der Waals surface area contributed by atoms with Crippen LogP contribution in [0.4, 0.5) is 0 Å². The van der Waals surface area contributed by atoms with Crippen LogP contribution in [0.3, 0.4) is 0 Å². The lowest BCUT2D eigenvalue weighted by molar-refractivity contribution is 0.284. The Kier molecular flexibility index (Phi) is 6.99. The molecule has 0 saturated heterocycles. The zero-order valence-corrected chi connectivity index (χ0v) is 17.5. The number of allylic oxidation sites excluding steroid dienone is 1. The molecule has 3 rings (SSSR count). The predicted molar refractivity (Wildman–Crippen MR) is 118 cm³/mol. The Morgan fingerprint density at radius 1 is 1.03 bits per heavy atom. The molecule has 0 radical (unpaired) electrons. The molecule has 0 saturated carbocycles. The van der Waals surface area contributed by atoms with Gasteiger partial charge in [-0.15, -0.1) is 0 Å². The minimum absolute atomic E-state index is 0.298. The van der Waals surface area contributed by atoms with Crippen molar-refractivity contribution < 1.29 is 9.47 Å². The molecule has 148 valence electrons. The van der Waals surface area contributed by atoms with Gasteiger partial charge in [-0.1, -0.05) is 47.5 Å². The maximum Gasteiger partial charge on any atom is 0.180 e. The molecule has 0 N–H and O–H groups in total. The second-order valence-corrected chi connectivity index (χ2v) is 7.16. The minimum Gasteiger partial charge on any atom is -0.493 e. The molecule has 0 aliphatic heterocycles. The highest BCUT2D eigenvalue weighted by atomic mass is 35.5. The smallest absolute Gasteiger partial charge is 0.180 e. The predicted octanol–water partition coefficient (Wildman–Crippen LogP) is 6.52. The van der Waals surface area contributed by atoms with E-state index >= 15 is 0 Å². The molecule has 4 nitrogen and oxygen atoms in total. The van der Waals surface area contributed by atoms with Gasteiger partial charge in [0.15, 0.2) is 11.5 Å². The van der Waals surface area contributed by atoms with E-state index in [-0.39, 0.29) is 0 Å². The quantitative estimate of drug-likeness (QED) is 0.327. The Morgan fingerprint density at radius 3 is 2.47 bits per heavy atom. The Labute approximate surface area is 185 Å². The third-order valence-electron chi connectivity index (χ3n) is 4.28. The van der Waals surface area contributed by atoms with Gasteiger partial charge in [0.2, 0.25) is 0 Å². The number of methoxy groups -OCH3 is 1. The molecule has 0 fully saturated rings. The Bertz CT molecular complexity index is 1170. The van der Waals surface area contributed by atoms with Crippen molar-refractivity contribution in [1.29, 1.82) is 10.5 Å². The molecule has 0 aliphatic carbocycles. The van der Waals surface area contributed by atoms with Crippen molar-refractivity contribution in [3.8, 4) is 23.6 Å². The van der Waals surface area contributed by atoms with Crippen LogP contribution in [0.1, 0.15) is 22.3 Å². The van der Waals surface area contributed by atoms with Crippen molar-refractivity contribution in [3.05, 3.63) is 93.0 Å². The summed E-state index contributed by atoms with van der Waals surface area (Å²) >= 11 is 12.4. The van der Waals surface area contributed by atoms with Crippen molar-refractivity contribution >= 4 is 34.9 Å². The topological polar surface area (TPSA) is 66.0 Å². The highest BCUT2D eigenvalue weighted by Crippen LogP contribution is 2.38. The van der Waals surface area contributed by atoms with Crippen molar-refractivity contribution in [1.82, 2.24) is 0 Å². The van der Waals surface area contributed by atoms with Crippen molar-refractivity contribution in [2.75, 3.05) is 7.11 Å². The molecule has 0 amide bonds. The van der Waals surface area contributed by atoms with E-state index in [1.54, 1.807) is 54.6 Å². The van der Waals surface area contributed by atoms with Gasteiger partial charge in [-0.05, 0) is 59.2 Å². The number of rotatable bonds is 6. The first-order chi connectivity index (χ1) is 14.5. The molecule has 0 unspecified atom stereocenters. The van der Waals surface area contributed by atoms with Crippen LogP contribution in [0, 0.1) is 22.7 Å². The summed E-state index contributed by atoms with van der Waals surface area (Å²) in [5.74, 6) is 0.863. The lowest BCUT2D eigenvalue weighted by atomic mass is 10.0. The molecule has 6 heteroatoms. The third-order valence-corrected chi connectivity index (χ3v) is 4.82. The SMILES string of the molecule is COc1cc(/C=C(/C#N)c2cccc(C#N)c2)cc(Cl)c1OCc1ccc(Cl)cc1. The molecular formula is C24H16Cl2N2O2. The lowest BCUT2D eigenvalue weighted by Gasteiger charge is -2.14. The monoisotopic (exact) mass is 434 g/mol. The summed E-state index contributed by atoms with van der Waals surface area (Å²) in [6.45, 7) is 0.298. The fraction of sp³-hybridized carbons (Fsp3) is 0.0833. The Hall–Kier alpha value is -3.44. The maximum atomic E-state index is 9.59. The number of nitriles is 2. The van der Waals surface area contributed by atoms with Gasteiger partial charge in [0, 0.05) is 5.02 Å². The molecule has 3 aromatic rings. The van der Waals surface area contributed by atoms with Gasteiger partial charge < -0.3 is 9.47 Å². The van der Waals surface area contributed by atoms with Crippen LogP contribution in [-0.2, 0) is 6.61 Å². The van der Waals surface area contributed by atoms with Gasteiger partial charge in [0.1, 0.15) is 6.61 Å². The molecule has 0 spiro atoms. The van der Waals surface area contributed by atoms with E-state index in [1.807, 2.05) is 12.1 Å². The minimum atomic E-state index is 0.298. The zero-order chi connectivity index (χ0) is 21.5. The van der Waals surface area contributed by atoms with Gasteiger partial charge in [-0.2, -0.15) is 10.5 Å². The average Bonchev–Trinajstić information content (AvgIpc) is 2.77. The highest BCUT2D eigenvalue weighted by molar-refractivity contribution is 6.32. The van der Waals surface area contributed by atoms with Crippen LogP contribution in [0.2, 0.25) is 10.0 Å². The maximum absolute atomic E-state index is 9.59. The summed E-state index contributed by atoms with van der Waals surface area (Å²) in [7, 11) is 1.52. The molecule has 30 heavy (non-hydrogen) atoms. The van der Waals surface area contributed by atoms with E-state index in [9.17, 15) is 5.26 Å². The fourth-order valence-corrected chi connectivity index (χ4v) is 3.20. The summed E-state index contributed by atoms with van der Waals surface area (Å²) in [5.41, 5.74) is 3.14. The van der Waals surface area contributed by atoms with Crippen LogP contribution in [0.5, 0.6) is 11.5 Å². The van der Waals surface area contributed by atoms with E-state index < -0.39 is 0 Å². The number of benzene rings is 3. The Balaban J connectivity index is 1.90. The van der Waals surface area contributed by atoms with Crippen molar-refractivity contribution in [3.63, 3.8) is 0 Å². The van der Waals surface area contributed by atoms with Crippen LogP contribution in [0.25, 0.3) is 11.6 Å². The standard InChI is InChI=1S/C24H16Cl2N2O2/c1-29-23-12-18(10-20(14-28)19-4-2-3-17(9-19)13-27)11-22(26)24(23)30-15-16-5-7-21(25)8-6-16/h2-12H,15H2,1H3/b20-10-. The zero-order valence-electron chi connectivity index (χ0n) is 16.0. The van der Waals surface area contributed by atoms with Crippen LogP contribution in [0.15, 0.2) is 60.7 Å². The molecular weight excluding hydrogens is 419 g/mol.